The number of nitrogens with zero attached hydrogens (tertiary/aromatic N) is 1. The lowest BCUT2D eigenvalue weighted by atomic mass is 10.1. The number of halogens is 1. The van der Waals surface area contributed by atoms with Gasteiger partial charge in [0.2, 0.25) is 0 Å². The van der Waals surface area contributed by atoms with Gasteiger partial charge < -0.3 is 4.90 Å². The van der Waals surface area contributed by atoms with Gasteiger partial charge in [-0.1, -0.05) is 15.9 Å². The average Bonchev–Trinajstić information content (AvgIpc) is 2.61. The first kappa shape index (κ1) is 16.2. The second-order valence-electron chi connectivity index (χ2n) is 5.32. The number of hydrogen-bond acceptors (Lipinski definition) is 4. The van der Waals surface area contributed by atoms with Crippen molar-refractivity contribution in [3.05, 3.63) is 27.7 Å². The van der Waals surface area contributed by atoms with Crippen molar-refractivity contribution in [2.75, 3.05) is 17.2 Å². The SMILES string of the molecule is Cc1cc(Br)cc2c1N(CCS(=O)(=O)C(C)C)C(=O)C2=O. The lowest BCUT2D eigenvalue weighted by molar-refractivity contribution is -0.114. The molecule has 114 valence electrons. The molecule has 1 amide bonds. The minimum Gasteiger partial charge on any atom is -0.303 e. The fourth-order valence-corrected chi connectivity index (χ4v) is 3.75. The van der Waals surface area contributed by atoms with Gasteiger partial charge in [-0.2, -0.15) is 0 Å². The van der Waals surface area contributed by atoms with Crippen molar-refractivity contribution in [1.82, 2.24) is 0 Å². The number of benzene rings is 1. The fourth-order valence-electron chi connectivity index (χ4n) is 2.27. The summed E-state index contributed by atoms with van der Waals surface area (Å²) in [6, 6.07) is 3.40. The second kappa shape index (κ2) is 5.53. The minimum absolute atomic E-state index is 0.000555. The number of carbonyl (C=O) groups excluding carboxylic acids is 2. The number of Topliss-reactive ketones (excluding diaryl/α,β-unsaturated/α-hetero) is 1. The van der Waals surface area contributed by atoms with Crippen molar-refractivity contribution in [1.29, 1.82) is 0 Å². The van der Waals surface area contributed by atoms with E-state index in [2.05, 4.69) is 15.9 Å². The smallest absolute Gasteiger partial charge is 0.299 e. The molecule has 0 saturated carbocycles. The first-order valence-corrected chi connectivity index (χ1v) is 9.04. The van der Waals surface area contributed by atoms with Gasteiger partial charge in [-0.15, -0.1) is 0 Å². The Hall–Kier alpha value is -1.21. The van der Waals surface area contributed by atoms with E-state index >= 15 is 0 Å². The van der Waals surface area contributed by atoms with Gasteiger partial charge in [-0.05, 0) is 38.5 Å². The molecule has 1 heterocycles. The van der Waals surface area contributed by atoms with Gasteiger partial charge in [-0.25, -0.2) is 8.42 Å². The van der Waals surface area contributed by atoms with E-state index in [-0.39, 0.29) is 12.3 Å². The Balaban J connectivity index is 2.36. The highest BCUT2D eigenvalue weighted by Gasteiger charge is 2.37. The zero-order chi connectivity index (χ0) is 15.9. The molecule has 7 heteroatoms. The van der Waals surface area contributed by atoms with Crippen LogP contribution >= 0.6 is 15.9 Å². The summed E-state index contributed by atoms with van der Waals surface area (Å²) in [6.45, 7) is 4.99. The Morgan fingerprint density at radius 2 is 1.86 bits per heavy atom. The van der Waals surface area contributed by atoms with E-state index in [4.69, 9.17) is 0 Å². The molecule has 2 rings (SSSR count). The third-order valence-electron chi connectivity index (χ3n) is 3.54. The summed E-state index contributed by atoms with van der Waals surface area (Å²) in [5, 5.41) is -0.503. The maximum Gasteiger partial charge on any atom is 0.299 e. The summed E-state index contributed by atoms with van der Waals surface area (Å²) in [7, 11) is -3.26. The lowest BCUT2D eigenvalue weighted by Gasteiger charge is -2.19. The third-order valence-corrected chi connectivity index (χ3v) is 6.18. The van der Waals surface area contributed by atoms with Gasteiger partial charge in [-0.3, -0.25) is 9.59 Å². The first-order valence-electron chi connectivity index (χ1n) is 6.53. The van der Waals surface area contributed by atoms with Gasteiger partial charge in [0.1, 0.15) is 0 Å². The monoisotopic (exact) mass is 373 g/mol. The van der Waals surface area contributed by atoms with Crippen molar-refractivity contribution in [3.63, 3.8) is 0 Å². The Morgan fingerprint density at radius 1 is 1.24 bits per heavy atom. The molecule has 1 aliphatic rings. The van der Waals surface area contributed by atoms with Gasteiger partial charge >= 0.3 is 0 Å². The van der Waals surface area contributed by atoms with Crippen LogP contribution in [0.5, 0.6) is 0 Å². The first-order chi connectivity index (χ1) is 9.65. The quantitative estimate of drug-likeness (QED) is 0.757. The van der Waals surface area contributed by atoms with Crippen molar-refractivity contribution in [2.24, 2.45) is 0 Å². The molecule has 0 saturated heterocycles. The molecule has 0 spiro atoms. The number of fused-ring (bicyclic) bond motifs is 1. The summed E-state index contributed by atoms with van der Waals surface area (Å²) >= 11 is 3.29. The maximum atomic E-state index is 12.1. The van der Waals surface area contributed by atoms with E-state index in [9.17, 15) is 18.0 Å². The van der Waals surface area contributed by atoms with Crippen LogP contribution in [0.15, 0.2) is 16.6 Å². The molecule has 1 aromatic carbocycles. The number of carbonyl (C=O) groups is 2. The largest absolute Gasteiger partial charge is 0.303 e. The lowest BCUT2D eigenvalue weighted by Crippen LogP contribution is -2.35. The highest BCUT2D eigenvalue weighted by atomic mass is 79.9. The summed E-state index contributed by atoms with van der Waals surface area (Å²) in [5.41, 5.74) is 1.61. The predicted octanol–water partition coefficient (Wildman–Crippen LogP) is 2.11. The van der Waals surface area contributed by atoms with E-state index in [1.54, 1.807) is 32.9 Å². The van der Waals surface area contributed by atoms with Gasteiger partial charge in [0.05, 0.1) is 22.3 Å². The number of ketones is 1. The fraction of sp³-hybridized carbons (Fsp3) is 0.429. The number of rotatable bonds is 4. The van der Waals surface area contributed by atoms with Crippen LogP contribution in [-0.4, -0.2) is 37.7 Å². The summed E-state index contributed by atoms with van der Waals surface area (Å²) in [4.78, 5) is 25.4. The van der Waals surface area contributed by atoms with Gasteiger partial charge in [0, 0.05) is 11.0 Å². The summed E-state index contributed by atoms with van der Waals surface area (Å²) < 4.78 is 24.5. The number of sulfone groups is 1. The van der Waals surface area contributed by atoms with Crippen LogP contribution in [0.1, 0.15) is 29.8 Å². The molecular weight excluding hydrogens is 358 g/mol. The van der Waals surface area contributed by atoms with E-state index in [1.807, 2.05) is 0 Å². The van der Waals surface area contributed by atoms with Crippen molar-refractivity contribution in [2.45, 2.75) is 26.0 Å². The van der Waals surface area contributed by atoms with E-state index in [1.165, 1.54) is 4.90 Å². The predicted molar refractivity (Wildman–Crippen MR) is 84.5 cm³/mol. The van der Waals surface area contributed by atoms with Crippen LogP contribution in [0.3, 0.4) is 0 Å². The van der Waals surface area contributed by atoms with Crippen molar-refractivity contribution < 1.29 is 18.0 Å². The van der Waals surface area contributed by atoms with E-state index < -0.39 is 26.8 Å². The number of hydrogen-bond donors (Lipinski definition) is 0. The average molecular weight is 374 g/mol. The number of amides is 1. The minimum atomic E-state index is -3.26. The standard InChI is InChI=1S/C14H16BrNO4S/c1-8(2)21(19,20)5-4-16-12-9(3)6-10(15)7-11(12)13(17)14(16)18/h6-8H,4-5H2,1-3H3. The van der Waals surface area contributed by atoms with Crippen molar-refractivity contribution in [3.8, 4) is 0 Å². The molecule has 0 unspecified atom stereocenters. The van der Waals surface area contributed by atoms with Crippen LogP contribution < -0.4 is 4.90 Å². The van der Waals surface area contributed by atoms with Crippen LogP contribution in [0, 0.1) is 6.92 Å². The summed E-state index contributed by atoms with van der Waals surface area (Å²) in [6.07, 6.45) is 0. The van der Waals surface area contributed by atoms with Crippen LogP contribution in [0.25, 0.3) is 0 Å². The highest BCUT2D eigenvalue weighted by molar-refractivity contribution is 9.10. The normalized spacial score (nSPS) is 15.0. The van der Waals surface area contributed by atoms with Crippen LogP contribution in [0.2, 0.25) is 0 Å². The van der Waals surface area contributed by atoms with Gasteiger partial charge in [0.25, 0.3) is 11.7 Å². The number of anilines is 1. The molecule has 0 radical (unpaired) electrons. The van der Waals surface area contributed by atoms with Gasteiger partial charge in [0.15, 0.2) is 9.84 Å². The van der Waals surface area contributed by atoms with Crippen LogP contribution in [0.4, 0.5) is 5.69 Å². The highest BCUT2D eigenvalue weighted by Crippen LogP contribution is 2.34. The maximum absolute atomic E-state index is 12.1. The van der Waals surface area contributed by atoms with E-state index in [0.29, 0.717) is 11.3 Å². The molecule has 1 aromatic rings. The molecule has 21 heavy (non-hydrogen) atoms. The Kier molecular flexibility index (Phi) is 4.26. The summed E-state index contributed by atoms with van der Waals surface area (Å²) in [5.74, 6) is -1.40. The molecule has 1 aliphatic heterocycles. The van der Waals surface area contributed by atoms with E-state index in [0.717, 1.165) is 10.0 Å². The zero-order valence-electron chi connectivity index (χ0n) is 12.0. The zero-order valence-corrected chi connectivity index (χ0v) is 14.4. The van der Waals surface area contributed by atoms with Crippen molar-refractivity contribution >= 4 is 43.1 Å². The Bertz CT molecular complexity index is 725. The second-order valence-corrected chi connectivity index (χ2v) is 8.91. The Labute approximate surface area is 132 Å². The third kappa shape index (κ3) is 2.89. The van der Waals surface area contributed by atoms with Crippen LogP contribution in [-0.2, 0) is 14.6 Å². The molecular formula is C14H16BrNO4S. The molecule has 0 N–H and O–H groups in total. The Morgan fingerprint density at radius 3 is 2.43 bits per heavy atom. The molecule has 0 aliphatic carbocycles. The molecule has 0 atom stereocenters. The number of aryl methyl sites for hydroxylation is 1. The molecule has 0 fully saturated rings. The molecule has 5 nitrogen and oxygen atoms in total. The topological polar surface area (TPSA) is 71.5 Å². The molecule has 0 aromatic heterocycles. The molecule has 0 bridgehead atoms.